The Hall–Kier alpha value is -4.28. The number of morpholine rings is 1. The van der Waals surface area contributed by atoms with E-state index in [1.807, 2.05) is 29.2 Å². The minimum Gasteiger partial charge on any atom is -0.497 e. The van der Waals surface area contributed by atoms with Gasteiger partial charge in [-0.3, -0.25) is 4.79 Å². The van der Waals surface area contributed by atoms with Crippen LogP contribution < -0.4 is 19.9 Å². The van der Waals surface area contributed by atoms with Crippen LogP contribution >= 0.6 is 11.6 Å². The van der Waals surface area contributed by atoms with Crippen molar-refractivity contribution in [2.75, 3.05) is 55.1 Å². The number of amides is 1. The van der Waals surface area contributed by atoms with E-state index in [1.54, 1.807) is 32.2 Å². The number of nitrogens with zero attached hydrogens (tertiary/aromatic N) is 3. The lowest BCUT2D eigenvalue weighted by molar-refractivity contribution is -0.161. The molecule has 11 heteroatoms. The Bertz CT molecular complexity index is 1660. The van der Waals surface area contributed by atoms with Gasteiger partial charge in [-0.25, -0.2) is 4.79 Å². The Morgan fingerprint density at radius 3 is 2.43 bits per heavy atom. The van der Waals surface area contributed by atoms with Crippen LogP contribution in [0, 0.1) is 0 Å². The third-order valence-electron chi connectivity index (χ3n) is 9.05. The quantitative estimate of drug-likeness (QED) is 0.203. The van der Waals surface area contributed by atoms with Gasteiger partial charge in [0.2, 0.25) is 5.60 Å². The van der Waals surface area contributed by atoms with Crippen LogP contribution in [-0.2, 0) is 24.6 Å². The first-order valence-electron chi connectivity index (χ1n) is 15.5. The van der Waals surface area contributed by atoms with Crippen molar-refractivity contribution in [2.24, 2.45) is 5.16 Å². The number of rotatable bonds is 10. The summed E-state index contributed by atoms with van der Waals surface area (Å²) in [6.45, 7) is 8.20. The minimum atomic E-state index is -1.50. The number of oxime groups is 1. The molecule has 1 saturated carbocycles. The first-order valence-corrected chi connectivity index (χ1v) is 15.8. The predicted octanol–water partition coefficient (Wildman–Crippen LogP) is 6.02. The first-order chi connectivity index (χ1) is 22.0. The lowest BCUT2D eigenvalue weighted by atomic mass is 9.98. The fourth-order valence-electron chi connectivity index (χ4n) is 6.01. The summed E-state index contributed by atoms with van der Waals surface area (Å²) < 4.78 is 11.2. The Morgan fingerprint density at radius 1 is 1.07 bits per heavy atom. The van der Waals surface area contributed by atoms with E-state index in [1.165, 1.54) is 19.4 Å². The second-order valence-corrected chi connectivity index (χ2v) is 13.1. The standard InChI is InChI=1S/C35H39ClN4O6/c1-22(38-46-34(2,3)33(42)43)24-17-26(19-28(18-24)44-4)37-31(23-5-7-25(36)8-6-23)32(41)40-21-35(11-12-35)29-10-9-27(20-30(29)40)39-13-15-45-16-14-39/h5-10,17-20,31,37H,11-16,21H2,1-4H3,(H,42,43). The molecule has 1 atom stereocenters. The van der Waals surface area contributed by atoms with Crippen LogP contribution in [-0.4, -0.2) is 68.3 Å². The van der Waals surface area contributed by atoms with Crippen molar-refractivity contribution in [3.05, 3.63) is 82.4 Å². The number of anilines is 3. The minimum absolute atomic E-state index is 0.000476. The summed E-state index contributed by atoms with van der Waals surface area (Å²) in [5.74, 6) is -0.671. The Balaban J connectivity index is 1.35. The molecule has 3 aromatic rings. The number of methoxy groups -OCH3 is 1. The number of halogens is 1. The predicted molar refractivity (Wildman–Crippen MR) is 179 cm³/mol. The van der Waals surface area contributed by atoms with E-state index in [4.69, 9.17) is 25.9 Å². The summed E-state index contributed by atoms with van der Waals surface area (Å²) in [6, 6.07) is 18.5. The summed E-state index contributed by atoms with van der Waals surface area (Å²) in [5.41, 5.74) is 4.26. The molecule has 242 valence electrons. The fraction of sp³-hybridized carbons (Fsp3) is 0.400. The maximum Gasteiger partial charge on any atom is 0.350 e. The molecule has 3 aromatic carbocycles. The first kappa shape index (κ1) is 31.7. The van der Waals surface area contributed by atoms with Crippen LogP contribution in [0.25, 0.3) is 0 Å². The maximum atomic E-state index is 14.7. The van der Waals surface area contributed by atoms with Crippen molar-refractivity contribution in [3.63, 3.8) is 0 Å². The number of hydrogen-bond acceptors (Lipinski definition) is 8. The lowest BCUT2D eigenvalue weighted by Crippen LogP contribution is -2.39. The van der Waals surface area contributed by atoms with Gasteiger partial charge in [-0.2, -0.15) is 0 Å². The third kappa shape index (κ3) is 6.37. The number of carbonyl (C=O) groups is 2. The van der Waals surface area contributed by atoms with Crippen LogP contribution in [0.2, 0.25) is 5.02 Å². The van der Waals surface area contributed by atoms with E-state index < -0.39 is 17.6 Å². The third-order valence-corrected chi connectivity index (χ3v) is 9.30. The lowest BCUT2D eigenvalue weighted by Gasteiger charge is -2.30. The summed E-state index contributed by atoms with van der Waals surface area (Å²) in [7, 11) is 1.56. The summed E-state index contributed by atoms with van der Waals surface area (Å²) in [6.07, 6.45) is 2.11. The number of hydrogen-bond donors (Lipinski definition) is 2. The molecule has 3 aliphatic rings. The molecular weight excluding hydrogens is 608 g/mol. The monoisotopic (exact) mass is 646 g/mol. The molecule has 2 heterocycles. The van der Waals surface area contributed by atoms with Crippen molar-refractivity contribution >= 4 is 46.3 Å². The Morgan fingerprint density at radius 2 is 1.78 bits per heavy atom. The molecule has 2 aliphatic heterocycles. The second kappa shape index (κ2) is 12.5. The van der Waals surface area contributed by atoms with Crippen LogP contribution in [0.5, 0.6) is 5.75 Å². The highest BCUT2D eigenvalue weighted by molar-refractivity contribution is 6.30. The van der Waals surface area contributed by atoms with Crippen LogP contribution in [0.4, 0.5) is 17.1 Å². The molecule has 1 spiro atoms. The topological polar surface area (TPSA) is 113 Å². The van der Waals surface area contributed by atoms with Gasteiger partial charge in [0.1, 0.15) is 11.8 Å². The molecule has 1 unspecified atom stereocenters. The van der Waals surface area contributed by atoms with Crippen molar-refractivity contribution in [3.8, 4) is 5.75 Å². The van der Waals surface area contributed by atoms with Crippen LogP contribution in [0.3, 0.4) is 0 Å². The molecule has 2 N–H and O–H groups in total. The number of benzene rings is 3. The molecule has 0 bridgehead atoms. The maximum absolute atomic E-state index is 14.7. The van der Waals surface area contributed by atoms with Crippen LogP contribution in [0.15, 0.2) is 65.8 Å². The summed E-state index contributed by atoms with van der Waals surface area (Å²) in [5, 5.41) is 17.6. The number of ether oxygens (including phenoxy) is 2. The SMILES string of the molecule is COc1cc(NC(C(=O)N2CC3(CC3)c3ccc(N4CCOCC4)cc32)c2ccc(Cl)cc2)cc(C(C)=NOC(C)(C)C(=O)O)c1. The van der Waals surface area contributed by atoms with E-state index >= 15 is 0 Å². The van der Waals surface area contributed by atoms with E-state index in [9.17, 15) is 14.7 Å². The molecule has 1 aliphatic carbocycles. The Labute approximate surface area is 273 Å². The van der Waals surface area contributed by atoms with Crippen LogP contribution in [0.1, 0.15) is 56.3 Å². The smallest absolute Gasteiger partial charge is 0.350 e. The van der Waals surface area contributed by atoms with Crippen molar-refractivity contribution in [2.45, 2.75) is 50.7 Å². The van der Waals surface area contributed by atoms with Crippen molar-refractivity contribution in [1.82, 2.24) is 0 Å². The number of aliphatic carboxylic acids is 1. The molecular formula is C35H39ClN4O6. The molecule has 1 amide bonds. The number of carboxylic acid groups (broad SMARTS) is 1. The van der Waals surface area contributed by atoms with Gasteiger partial charge in [0.05, 0.1) is 26.0 Å². The molecule has 0 radical (unpaired) electrons. The highest BCUT2D eigenvalue weighted by Crippen LogP contribution is 2.57. The molecule has 6 rings (SSSR count). The van der Waals surface area contributed by atoms with E-state index in [2.05, 4.69) is 33.6 Å². The highest BCUT2D eigenvalue weighted by atomic mass is 35.5. The number of carbonyl (C=O) groups excluding carboxylic acids is 1. The summed E-state index contributed by atoms with van der Waals surface area (Å²) >= 11 is 6.26. The van der Waals surface area contributed by atoms with Crippen molar-refractivity contribution in [1.29, 1.82) is 0 Å². The molecule has 0 aromatic heterocycles. The zero-order valence-electron chi connectivity index (χ0n) is 26.5. The molecule has 2 fully saturated rings. The number of fused-ring (bicyclic) bond motifs is 2. The fourth-order valence-corrected chi connectivity index (χ4v) is 6.13. The molecule has 1 saturated heterocycles. The molecule has 10 nitrogen and oxygen atoms in total. The van der Waals surface area contributed by atoms with Gasteiger partial charge in [-0.1, -0.05) is 35.0 Å². The van der Waals surface area contributed by atoms with E-state index in [0.29, 0.717) is 47.5 Å². The van der Waals surface area contributed by atoms with Gasteiger partial charge in [-0.05, 0) is 81.1 Å². The summed E-state index contributed by atoms with van der Waals surface area (Å²) in [4.78, 5) is 35.8. The van der Waals surface area contributed by atoms with Gasteiger partial charge >= 0.3 is 5.97 Å². The number of carboxylic acids is 1. The average molecular weight is 647 g/mol. The van der Waals surface area contributed by atoms with Gasteiger partial charge in [0.25, 0.3) is 5.91 Å². The van der Waals surface area contributed by atoms with Gasteiger partial charge in [0.15, 0.2) is 0 Å². The van der Waals surface area contributed by atoms with E-state index in [0.717, 1.165) is 42.9 Å². The van der Waals surface area contributed by atoms with Gasteiger partial charge in [-0.15, -0.1) is 0 Å². The zero-order valence-corrected chi connectivity index (χ0v) is 27.3. The van der Waals surface area contributed by atoms with Gasteiger partial charge in [0, 0.05) is 58.8 Å². The highest BCUT2D eigenvalue weighted by Gasteiger charge is 2.53. The Kier molecular flexibility index (Phi) is 8.60. The largest absolute Gasteiger partial charge is 0.497 e. The second-order valence-electron chi connectivity index (χ2n) is 12.7. The van der Waals surface area contributed by atoms with Crippen molar-refractivity contribution < 1.29 is 29.0 Å². The molecule has 46 heavy (non-hydrogen) atoms. The normalized spacial score (nSPS) is 17.8. The zero-order chi connectivity index (χ0) is 32.6. The van der Waals surface area contributed by atoms with Gasteiger partial charge < -0.3 is 34.5 Å². The average Bonchev–Trinajstić information content (AvgIpc) is 3.78. The number of nitrogens with one attached hydrogen (secondary N) is 1. The van der Waals surface area contributed by atoms with E-state index in [-0.39, 0.29) is 11.3 Å².